The van der Waals surface area contributed by atoms with Crippen molar-refractivity contribution in [3.63, 3.8) is 0 Å². The van der Waals surface area contributed by atoms with Crippen LogP contribution in [0.25, 0.3) is 0 Å². The van der Waals surface area contributed by atoms with Gasteiger partial charge in [-0.05, 0) is 6.92 Å². The van der Waals surface area contributed by atoms with Gasteiger partial charge in [-0.15, -0.1) is 11.6 Å². The third-order valence-electron chi connectivity index (χ3n) is 2.47. The Morgan fingerprint density at radius 3 is 2.33 bits per heavy atom. The van der Waals surface area contributed by atoms with Gasteiger partial charge in [0, 0.05) is 5.41 Å². The minimum atomic E-state index is -0.480. The fourth-order valence-electron chi connectivity index (χ4n) is 1.11. The van der Waals surface area contributed by atoms with Crippen molar-refractivity contribution in [2.75, 3.05) is 12.5 Å². The molecule has 2 nitrogen and oxygen atoms in total. The second-order valence-electron chi connectivity index (χ2n) is 4.40. The molecule has 1 fully saturated rings. The van der Waals surface area contributed by atoms with Crippen LogP contribution in [0.1, 0.15) is 27.7 Å². The molecule has 0 unspecified atom stereocenters. The number of hydrogen-bond donors (Lipinski definition) is 0. The molecule has 0 radical (unpaired) electrons. The van der Waals surface area contributed by atoms with Crippen molar-refractivity contribution >= 4 is 11.6 Å². The lowest BCUT2D eigenvalue weighted by Crippen LogP contribution is -2.41. The molecule has 0 aliphatic carbocycles. The summed E-state index contributed by atoms with van der Waals surface area (Å²) in [6.45, 7) is 8.88. The maximum atomic E-state index is 5.71. The highest BCUT2D eigenvalue weighted by Gasteiger charge is 2.46. The van der Waals surface area contributed by atoms with Gasteiger partial charge in [0.15, 0.2) is 5.79 Å². The van der Waals surface area contributed by atoms with Gasteiger partial charge >= 0.3 is 0 Å². The molecule has 0 aromatic carbocycles. The molecule has 0 N–H and O–H groups in total. The van der Waals surface area contributed by atoms with E-state index in [1.165, 1.54) is 0 Å². The summed E-state index contributed by atoms with van der Waals surface area (Å²) < 4.78 is 11.3. The zero-order chi connectivity index (χ0) is 9.41. The largest absolute Gasteiger partial charge is 0.347 e. The first-order valence-corrected chi connectivity index (χ1v) is 4.80. The molecule has 0 aromatic rings. The monoisotopic (exact) mass is 192 g/mol. The Morgan fingerprint density at radius 2 is 2.08 bits per heavy atom. The highest BCUT2D eigenvalue weighted by atomic mass is 35.5. The van der Waals surface area contributed by atoms with Crippen molar-refractivity contribution < 1.29 is 9.47 Å². The van der Waals surface area contributed by atoms with Crippen molar-refractivity contribution in [2.45, 2.75) is 39.6 Å². The SMILES string of the molecule is CC(C)(C)[C@]1(C)OC[C@@H](CCl)O1. The van der Waals surface area contributed by atoms with E-state index in [1.54, 1.807) is 0 Å². The topological polar surface area (TPSA) is 18.5 Å². The Morgan fingerprint density at radius 1 is 1.50 bits per heavy atom. The number of rotatable bonds is 1. The van der Waals surface area contributed by atoms with E-state index in [0.717, 1.165) is 0 Å². The molecule has 72 valence electrons. The highest BCUT2D eigenvalue weighted by Crippen LogP contribution is 2.39. The Balaban J connectivity index is 2.64. The van der Waals surface area contributed by atoms with Crippen molar-refractivity contribution in [3.05, 3.63) is 0 Å². The average molecular weight is 193 g/mol. The minimum Gasteiger partial charge on any atom is -0.347 e. The van der Waals surface area contributed by atoms with Crippen molar-refractivity contribution in [2.24, 2.45) is 5.41 Å². The van der Waals surface area contributed by atoms with Gasteiger partial charge in [0.1, 0.15) is 0 Å². The molecule has 0 saturated carbocycles. The first-order chi connectivity index (χ1) is 5.39. The molecule has 1 aliphatic rings. The van der Waals surface area contributed by atoms with Crippen LogP contribution in [-0.2, 0) is 9.47 Å². The lowest BCUT2D eigenvalue weighted by atomic mass is 9.87. The summed E-state index contributed by atoms with van der Waals surface area (Å²) >= 11 is 5.68. The van der Waals surface area contributed by atoms with Gasteiger partial charge in [-0.25, -0.2) is 0 Å². The molecule has 1 aliphatic heterocycles. The number of hydrogen-bond acceptors (Lipinski definition) is 2. The van der Waals surface area contributed by atoms with Gasteiger partial charge in [0.05, 0.1) is 18.6 Å². The van der Waals surface area contributed by atoms with Gasteiger partial charge < -0.3 is 9.47 Å². The standard InChI is InChI=1S/C9H17ClO2/c1-8(2,3)9(4)11-6-7(5-10)12-9/h7H,5-6H2,1-4H3/t7-,9-/m1/s1. The van der Waals surface area contributed by atoms with E-state index in [0.29, 0.717) is 12.5 Å². The summed E-state index contributed by atoms with van der Waals surface area (Å²) in [6.07, 6.45) is 0.0518. The van der Waals surface area contributed by atoms with E-state index in [-0.39, 0.29) is 11.5 Å². The summed E-state index contributed by atoms with van der Waals surface area (Å²) in [4.78, 5) is 0. The molecular formula is C9H17ClO2. The van der Waals surface area contributed by atoms with Crippen LogP contribution in [-0.4, -0.2) is 24.4 Å². The summed E-state index contributed by atoms with van der Waals surface area (Å²) in [7, 11) is 0. The molecule has 0 spiro atoms. The quantitative estimate of drug-likeness (QED) is 0.594. The first-order valence-electron chi connectivity index (χ1n) is 4.27. The highest BCUT2D eigenvalue weighted by molar-refractivity contribution is 6.18. The maximum absolute atomic E-state index is 5.71. The average Bonchev–Trinajstić information content (AvgIpc) is 2.31. The van der Waals surface area contributed by atoms with Crippen LogP contribution in [0.4, 0.5) is 0 Å². The van der Waals surface area contributed by atoms with Crippen molar-refractivity contribution in [1.29, 1.82) is 0 Å². The zero-order valence-electron chi connectivity index (χ0n) is 8.19. The van der Waals surface area contributed by atoms with Crippen LogP contribution in [0.5, 0.6) is 0 Å². The molecular weight excluding hydrogens is 176 g/mol. The van der Waals surface area contributed by atoms with Crippen molar-refractivity contribution in [3.8, 4) is 0 Å². The lowest BCUT2D eigenvalue weighted by molar-refractivity contribution is -0.215. The van der Waals surface area contributed by atoms with E-state index in [1.807, 2.05) is 6.92 Å². The molecule has 3 heteroatoms. The predicted molar refractivity (Wildman–Crippen MR) is 49.4 cm³/mol. The summed E-state index contributed by atoms with van der Waals surface area (Å²) in [5, 5.41) is 0. The fourth-order valence-corrected chi connectivity index (χ4v) is 1.26. The summed E-state index contributed by atoms with van der Waals surface area (Å²) in [5.74, 6) is 0.0260. The Hall–Kier alpha value is 0.210. The second kappa shape index (κ2) is 3.17. The van der Waals surface area contributed by atoms with E-state index in [9.17, 15) is 0 Å². The van der Waals surface area contributed by atoms with Crippen LogP contribution in [0.3, 0.4) is 0 Å². The molecule has 1 saturated heterocycles. The number of ether oxygens (including phenoxy) is 2. The molecule has 1 rings (SSSR count). The lowest BCUT2D eigenvalue weighted by Gasteiger charge is -2.36. The third kappa shape index (κ3) is 1.76. The van der Waals surface area contributed by atoms with E-state index in [4.69, 9.17) is 21.1 Å². The Kier molecular flexibility index (Phi) is 2.72. The van der Waals surface area contributed by atoms with Crippen LogP contribution in [0.2, 0.25) is 0 Å². The molecule has 1 heterocycles. The molecule has 12 heavy (non-hydrogen) atoms. The summed E-state index contributed by atoms with van der Waals surface area (Å²) in [6, 6.07) is 0. The van der Waals surface area contributed by atoms with Crippen molar-refractivity contribution in [1.82, 2.24) is 0 Å². The van der Waals surface area contributed by atoms with Gasteiger partial charge in [-0.1, -0.05) is 20.8 Å². The van der Waals surface area contributed by atoms with Crippen LogP contribution >= 0.6 is 11.6 Å². The normalized spacial score (nSPS) is 37.2. The molecule has 0 aromatic heterocycles. The van der Waals surface area contributed by atoms with E-state index >= 15 is 0 Å². The Bertz CT molecular complexity index is 164. The summed E-state index contributed by atoms with van der Waals surface area (Å²) in [5.41, 5.74) is -0.00614. The van der Waals surface area contributed by atoms with E-state index in [2.05, 4.69) is 20.8 Å². The maximum Gasteiger partial charge on any atom is 0.170 e. The van der Waals surface area contributed by atoms with Gasteiger partial charge in [-0.2, -0.15) is 0 Å². The van der Waals surface area contributed by atoms with Crippen LogP contribution in [0.15, 0.2) is 0 Å². The predicted octanol–water partition coefficient (Wildman–Crippen LogP) is 2.40. The molecule has 0 amide bonds. The van der Waals surface area contributed by atoms with Crippen LogP contribution < -0.4 is 0 Å². The fraction of sp³-hybridized carbons (Fsp3) is 1.00. The number of alkyl halides is 1. The van der Waals surface area contributed by atoms with Crippen LogP contribution in [0, 0.1) is 5.41 Å². The number of halogens is 1. The zero-order valence-corrected chi connectivity index (χ0v) is 8.94. The van der Waals surface area contributed by atoms with Gasteiger partial charge in [0.2, 0.25) is 0 Å². The first kappa shape index (κ1) is 10.3. The van der Waals surface area contributed by atoms with Gasteiger partial charge in [0.25, 0.3) is 0 Å². The smallest absolute Gasteiger partial charge is 0.170 e. The van der Waals surface area contributed by atoms with E-state index < -0.39 is 5.79 Å². The Labute approximate surface area is 79.2 Å². The second-order valence-corrected chi connectivity index (χ2v) is 4.71. The molecule has 2 atom stereocenters. The third-order valence-corrected chi connectivity index (χ3v) is 2.81. The minimum absolute atomic E-state index is 0.00614. The molecule has 0 bridgehead atoms. The van der Waals surface area contributed by atoms with Gasteiger partial charge in [-0.3, -0.25) is 0 Å².